The third-order valence-corrected chi connectivity index (χ3v) is 5.53. The number of hydrogen-bond acceptors (Lipinski definition) is 4. The first-order valence-electron chi connectivity index (χ1n) is 9.48. The zero-order chi connectivity index (χ0) is 18.7. The average Bonchev–Trinajstić information content (AvgIpc) is 2.92. The van der Waals surface area contributed by atoms with Crippen molar-refractivity contribution in [2.45, 2.75) is 57.6 Å². The second-order valence-corrected chi connectivity index (χ2v) is 7.54. The molecular formula is C20H28N2O4. The zero-order valence-electron chi connectivity index (χ0n) is 15.6. The van der Waals surface area contributed by atoms with Gasteiger partial charge in [0, 0.05) is 32.0 Å². The topological polar surface area (TPSA) is 70.1 Å². The number of carbonyl (C=O) groups excluding carboxylic acids is 2. The molecule has 6 nitrogen and oxygen atoms in total. The Hall–Kier alpha value is -2.24. The van der Waals surface area contributed by atoms with E-state index >= 15 is 0 Å². The second-order valence-electron chi connectivity index (χ2n) is 7.54. The van der Waals surface area contributed by atoms with Gasteiger partial charge in [0.05, 0.1) is 13.0 Å². The maximum Gasteiger partial charge on any atom is 0.410 e. The highest BCUT2D eigenvalue weighted by molar-refractivity contribution is 5.79. The maximum absolute atomic E-state index is 12.5. The number of carbonyl (C=O) groups is 2. The number of phenolic OH excluding ortho intramolecular Hbond substituents is 1. The molecule has 1 N–H and O–H groups in total. The molecule has 6 heteroatoms. The van der Waals surface area contributed by atoms with Crippen LogP contribution in [-0.2, 0) is 16.0 Å². The fourth-order valence-corrected chi connectivity index (χ4v) is 3.94. The normalized spacial score (nSPS) is 20.3. The zero-order valence-corrected chi connectivity index (χ0v) is 15.6. The Labute approximate surface area is 154 Å². The van der Waals surface area contributed by atoms with Gasteiger partial charge in [-0.1, -0.05) is 25.5 Å². The summed E-state index contributed by atoms with van der Waals surface area (Å²) in [5, 5.41) is 9.53. The maximum atomic E-state index is 12.5. The molecule has 0 saturated carbocycles. The molecule has 26 heavy (non-hydrogen) atoms. The number of likely N-dealkylation sites (tertiary alicyclic amines) is 1. The Morgan fingerprint density at radius 2 is 2.08 bits per heavy atom. The molecule has 1 aromatic carbocycles. The molecule has 0 radical (unpaired) electrons. The van der Waals surface area contributed by atoms with Crippen molar-refractivity contribution >= 4 is 12.0 Å². The SMILES string of the molecule is CCC[C@H](C)N1CC2(CCN(C(=O)Cc3cccc(O)c3)CC2)OC1=O. The van der Waals surface area contributed by atoms with E-state index in [-0.39, 0.29) is 30.2 Å². The van der Waals surface area contributed by atoms with Gasteiger partial charge >= 0.3 is 6.09 Å². The summed E-state index contributed by atoms with van der Waals surface area (Å²) < 4.78 is 5.75. The lowest BCUT2D eigenvalue weighted by Gasteiger charge is -2.37. The Morgan fingerprint density at radius 1 is 1.35 bits per heavy atom. The molecule has 3 rings (SSSR count). The van der Waals surface area contributed by atoms with Gasteiger partial charge in [0.1, 0.15) is 11.4 Å². The van der Waals surface area contributed by atoms with Gasteiger partial charge in [-0.15, -0.1) is 0 Å². The molecule has 2 aliphatic heterocycles. The molecule has 1 spiro atoms. The van der Waals surface area contributed by atoms with E-state index < -0.39 is 5.60 Å². The predicted molar refractivity (Wildman–Crippen MR) is 97.9 cm³/mol. The van der Waals surface area contributed by atoms with Crippen molar-refractivity contribution < 1.29 is 19.4 Å². The van der Waals surface area contributed by atoms with Crippen LogP contribution in [-0.4, -0.2) is 58.2 Å². The van der Waals surface area contributed by atoms with Crippen molar-refractivity contribution in [2.24, 2.45) is 0 Å². The standard InChI is InChI=1S/C20H28N2O4/c1-3-5-15(2)22-14-20(26-19(22)25)8-10-21(11-9-20)18(24)13-16-6-4-7-17(23)12-16/h4,6-7,12,15,23H,3,5,8-11,13-14H2,1-2H3/t15-/m0/s1. The molecule has 2 aliphatic rings. The minimum absolute atomic E-state index is 0.0472. The quantitative estimate of drug-likeness (QED) is 0.876. The van der Waals surface area contributed by atoms with Crippen LogP contribution in [0.5, 0.6) is 5.75 Å². The number of aromatic hydroxyl groups is 1. The minimum Gasteiger partial charge on any atom is -0.508 e. The van der Waals surface area contributed by atoms with Crippen molar-refractivity contribution in [3.8, 4) is 5.75 Å². The molecule has 2 fully saturated rings. The van der Waals surface area contributed by atoms with Crippen LogP contribution in [0.25, 0.3) is 0 Å². The Morgan fingerprint density at radius 3 is 2.73 bits per heavy atom. The van der Waals surface area contributed by atoms with Gasteiger partial charge in [0.2, 0.25) is 5.91 Å². The Kier molecular flexibility index (Phi) is 5.39. The molecule has 1 atom stereocenters. The molecule has 1 aromatic rings. The first kappa shape index (κ1) is 18.5. The molecule has 0 aliphatic carbocycles. The van der Waals surface area contributed by atoms with Crippen molar-refractivity contribution in [2.75, 3.05) is 19.6 Å². The number of rotatable bonds is 5. The van der Waals surface area contributed by atoms with Crippen LogP contribution in [0, 0.1) is 0 Å². The van der Waals surface area contributed by atoms with Crippen LogP contribution in [0.3, 0.4) is 0 Å². The van der Waals surface area contributed by atoms with E-state index in [9.17, 15) is 14.7 Å². The molecular weight excluding hydrogens is 332 g/mol. The van der Waals surface area contributed by atoms with Crippen molar-refractivity contribution in [3.63, 3.8) is 0 Å². The first-order chi connectivity index (χ1) is 12.4. The lowest BCUT2D eigenvalue weighted by Crippen LogP contribution is -2.49. The lowest BCUT2D eigenvalue weighted by molar-refractivity contribution is -0.133. The molecule has 0 unspecified atom stereocenters. The molecule has 0 aromatic heterocycles. The van der Waals surface area contributed by atoms with Gasteiger partial charge in [0.25, 0.3) is 0 Å². The summed E-state index contributed by atoms with van der Waals surface area (Å²) >= 11 is 0. The number of piperidine rings is 1. The third-order valence-electron chi connectivity index (χ3n) is 5.53. The van der Waals surface area contributed by atoms with Crippen LogP contribution in [0.1, 0.15) is 45.1 Å². The summed E-state index contributed by atoms with van der Waals surface area (Å²) in [5.74, 6) is 0.220. The first-order valence-corrected chi connectivity index (χ1v) is 9.48. The molecule has 142 valence electrons. The predicted octanol–water partition coefficient (Wildman–Crippen LogP) is 2.94. The third kappa shape index (κ3) is 3.94. The van der Waals surface area contributed by atoms with Crippen molar-refractivity contribution in [1.29, 1.82) is 0 Å². The molecule has 2 saturated heterocycles. The van der Waals surface area contributed by atoms with Crippen molar-refractivity contribution in [3.05, 3.63) is 29.8 Å². The van der Waals surface area contributed by atoms with E-state index in [1.54, 1.807) is 18.2 Å². The van der Waals surface area contributed by atoms with Gasteiger partial charge in [-0.05, 0) is 31.0 Å². The van der Waals surface area contributed by atoms with E-state index in [1.807, 2.05) is 15.9 Å². The van der Waals surface area contributed by atoms with Gasteiger partial charge in [-0.3, -0.25) is 4.79 Å². The van der Waals surface area contributed by atoms with E-state index in [0.717, 1.165) is 18.4 Å². The van der Waals surface area contributed by atoms with E-state index in [0.29, 0.717) is 32.5 Å². The Bertz CT molecular complexity index is 668. The smallest absolute Gasteiger partial charge is 0.410 e. The average molecular weight is 360 g/mol. The van der Waals surface area contributed by atoms with Crippen molar-refractivity contribution in [1.82, 2.24) is 9.80 Å². The van der Waals surface area contributed by atoms with Gasteiger partial charge in [-0.25, -0.2) is 4.79 Å². The summed E-state index contributed by atoms with van der Waals surface area (Å²) in [7, 11) is 0. The number of nitrogens with zero attached hydrogens (tertiary/aromatic N) is 2. The van der Waals surface area contributed by atoms with E-state index in [4.69, 9.17) is 4.74 Å². The van der Waals surface area contributed by atoms with Gasteiger partial charge in [0.15, 0.2) is 0 Å². The summed E-state index contributed by atoms with van der Waals surface area (Å²) in [6, 6.07) is 6.99. The molecule has 2 amide bonds. The van der Waals surface area contributed by atoms with Crippen LogP contribution >= 0.6 is 0 Å². The fraction of sp³-hybridized carbons (Fsp3) is 0.600. The van der Waals surface area contributed by atoms with Gasteiger partial charge < -0.3 is 19.6 Å². The number of phenols is 1. The van der Waals surface area contributed by atoms with Crippen LogP contribution in [0.4, 0.5) is 4.79 Å². The molecule has 2 heterocycles. The lowest BCUT2D eigenvalue weighted by atomic mass is 9.90. The number of amides is 2. The monoisotopic (exact) mass is 360 g/mol. The van der Waals surface area contributed by atoms with E-state index in [2.05, 4.69) is 13.8 Å². The highest BCUT2D eigenvalue weighted by Gasteiger charge is 2.48. The highest BCUT2D eigenvalue weighted by Crippen LogP contribution is 2.35. The van der Waals surface area contributed by atoms with Gasteiger partial charge in [-0.2, -0.15) is 0 Å². The number of benzene rings is 1. The number of ether oxygens (including phenoxy) is 1. The van der Waals surface area contributed by atoms with Crippen LogP contribution < -0.4 is 0 Å². The van der Waals surface area contributed by atoms with Crippen LogP contribution in [0.15, 0.2) is 24.3 Å². The van der Waals surface area contributed by atoms with Crippen LogP contribution in [0.2, 0.25) is 0 Å². The largest absolute Gasteiger partial charge is 0.508 e. The summed E-state index contributed by atoms with van der Waals surface area (Å²) in [6.45, 7) is 6.01. The summed E-state index contributed by atoms with van der Waals surface area (Å²) in [5.41, 5.74) is 0.364. The Balaban J connectivity index is 1.55. The van der Waals surface area contributed by atoms with E-state index in [1.165, 1.54) is 0 Å². The fourth-order valence-electron chi connectivity index (χ4n) is 3.94. The number of hydrogen-bond donors (Lipinski definition) is 1. The molecule has 0 bridgehead atoms. The summed E-state index contributed by atoms with van der Waals surface area (Å²) in [6.07, 6.45) is 3.43. The highest BCUT2D eigenvalue weighted by atomic mass is 16.6. The summed E-state index contributed by atoms with van der Waals surface area (Å²) in [4.78, 5) is 28.5. The second kappa shape index (κ2) is 7.56. The minimum atomic E-state index is -0.444.